The van der Waals surface area contributed by atoms with Crippen LogP contribution in [0.2, 0.25) is 0 Å². The highest BCUT2D eigenvalue weighted by Gasteiger charge is 2.53. The topological polar surface area (TPSA) is 96.8 Å². The molecule has 0 radical (unpaired) electrons. The molecule has 6 aromatic heterocycles. The first-order valence-electron chi connectivity index (χ1n) is 15.9. The molecular formula is C38H34BBrN2O6S2. The lowest BCUT2D eigenvalue weighted by atomic mass is 9.86. The van der Waals surface area contributed by atoms with Crippen LogP contribution in [0, 0.1) is 13.8 Å². The summed E-state index contributed by atoms with van der Waals surface area (Å²) in [6.45, 7) is 12.3. The molecule has 0 spiro atoms. The first kappa shape index (κ1) is 34.3. The summed E-state index contributed by atoms with van der Waals surface area (Å²) in [4.78, 5) is 8.80. The summed E-state index contributed by atoms with van der Waals surface area (Å²) in [6.07, 6.45) is 5.00. The highest BCUT2D eigenvalue weighted by Crippen LogP contribution is 2.37. The minimum atomic E-state index is -0.433. The predicted octanol–water partition coefficient (Wildman–Crippen LogP) is 11.3. The number of thiazole rings is 2. The molecule has 1 aliphatic heterocycles. The van der Waals surface area contributed by atoms with E-state index in [1.165, 1.54) is 11.1 Å². The molecule has 0 unspecified atom stereocenters. The zero-order valence-electron chi connectivity index (χ0n) is 28.4. The van der Waals surface area contributed by atoms with Crippen LogP contribution in [-0.4, -0.2) is 28.3 Å². The summed E-state index contributed by atoms with van der Waals surface area (Å²) >= 11 is 6.41. The van der Waals surface area contributed by atoms with Gasteiger partial charge >= 0.3 is 7.12 Å². The second kappa shape index (κ2) is 13.8. The highest BCUT2D eigenvalue weighted by molar-refractivity contribution is 9.10. The van der Waals surface area contributed by atoms with Crippen LogP contribution in [0.3, 0.4) is 0 Å². The third kappa shape index (κ3) is 7.31. The van der Waals surface area contributed by atoms with Crippen LogP contribution >= 0.6 is 38.6 Å². The number of fused-ring (bicyclic) bond motifs is 2. The SMILES string of the molecule is Brc1csc(-c2ccco2)n1.Cc1ccc2cc(-c3csc(-c4ccoc4)n3)oc2c1.Cc1ccc2cc(B3OC(C)(C)C(C)(C)O3)oc2c1. The van der Waals surface area contributed by atoms with Crippen molar-refractivity contribution in [3.05, 3.63) is 112 Å². The Morgan fingerprint density at radius 2 is 1.38 bits per heavy atom. The summed E-state index contributed by atoms with van der Waals surface area (Å²) in [5.74, 6) is 1.62. The number of aromatic nitrogens is 2. The molecule has 7 heterocycles. The number of halogens is 1. The number of furan rings is 4. The molecule has 9 rings (SSSR count). The number of hydrogen-bond donors (Lipinski definition) is 0. The minimum Gasteiger partial charge on any atom is -0.472 e. The van der Waals surface area contributed by atoms with Gasteiger partial charge in [0, 0.05) is 27.1 Å². The molecule has 254 valence electrons. The van der Waals surface area contributed by atoms with Gasteiger partial charge in [-0.25, -0.2) is 9.97 Å². The molecular weight excluding hydrogens is 735 g/mol. The second-order valence-electron chi connectivity index (χ2n) is 12.9. The lowest BCUT2D eigenvalue weighted by molar-refractivity contribution is 0.00578. The maximum atomic E-state index is 5.99. The Morgan fingerprint density at radius 3 is 2.00 bits per heavy atom. The number of rotatable bonds is 4. The van der Waals surface area contributed by atoms with Crippen molar-refractivity contribution >= 4 is 73.3 Å². The molecule has 0 atom stereocenters. The summed E-state index contributed by atoms with van der Waals surface area (Å²) in [5, 5.41) is 7.95. The maximum Gasteiger partial charge on any atom is 0.532 e. The van der Waals surface area contributed by atoms with Crippen molar-refractivity contribution in [2.45, 2.75) is 52.7 Å². The van der Waals surface area contributed by atoms with Crippen LogP contribution < -0.4 is 5.66 Å². The molecule has 0 amide bonds. The average molecular weight is 770 g/mol. The molecule has 50 heavy (non-hydrogen) atoms. The number of benzene rings is 2. The fourth-order valence-corrected chi connectivity index (χ4v) is 7.19. The predicted molar refractivity (Wildman–Crippen MR) is 204 cm³/mol. The lowest BCUT2D eigenvalue weighted by Gasteiger charge is -2.32. The Morgan fingerprint density at radius 1 is 0.700 bits per heavy atom. The zero-order chi connectivity index (χ0) is 35.0. The van der Waals surface area contributed by atoms with Crippen molar-refractivity contribution in [3.63, 3.8) is 0 Å². The van der Waals surface area contributed by atoms with Crippen LogP contribution in [0.25, 0.3) is 54.7 Å². The van der Waals surface area contributed by atoms with E-state index in [9.17, 15) is 0 Å². The number of nitrogens with zero attached hydrogens (tertiary/aromatic N) is 2. The second-order valence-corrected chi connectivity index (χ2v) is 15.5. The lowest BCUT2D eigenvalue weighted by Crippen LogP contribution is -2.41. The number of aryl methyl sites for hydroxylation is 2. The van der Waals surface area contributed by atoms with E-state index in [0.717, 1.165) is 65.0 Å². The van der Waals surface area contributed by atoms with Gasteiger partial charge in [0.1, 0.15) is 38.4 Å². The molecule has 8 nitrogen and oxygen atoms in total. The van der Waals surface area contributed by atoms with Gasteiger partial charge in [0.05, 0.1) is 23.7 Å². The van der Waals surface area contributed by atoms with E-state index in [4.69, 9.17) is 27.0 Å². The molecule has 0 N–H and O–H groups in total. The molecule has 2 aromatic carbocycles. The summed E-state index contributed by atoms with van der Waals surface area (Å²) < 4.78 is 34.8. The van der Waals surface area contributed by atoms with Crippen LogP contribution in [-0.2, 0) is 9.31 Å². The fraction of sp³-hybridized carbons (Fsp3) is 0.211. The standard InChI is InChI=1S/C16H11NO2S.C15H19BO3.C7H4BrNOS/c1-10-2-3-11-7-15(19-14(11)6-10)13-9-20-16(17-13)12-4-5-18-8-12;1-10-6-7-11-9-13(17-12(11)8-10)16-18-14(2,3)15(4,5)19-16;8-6-4-11-7(9-6)5-2-1-3-10-5/h2-9H,1H3;6-9H,1-5H3;1-4H. The van der Waals surface area contributed by atoms with E-state index in [1.807, 2.05) is 80.9 Å². The highest BCUT2D eigenvalue weighted by atomic mass is 79.9. The monoisotopic (exact) mass is 768 g/mol. The first-order valence-corrected chi connectivity index (χ1v) is 18.5. The normalized spacial score (nSPS) is 14.8. The molecule has 1 fully saturated rings. The van der Waals surface area contributed by atoms with Crippen molar-refractivity contribution in [2.75, 3.05) is 0 Å². The van der Waals surface area contributed by atoms with E-state index in [0.29, 0.717) is 0 Å². The van der Waals surface area contributed by atoms with Gasteiger partial charge in [-0.05, 0) is 111 Å². The zero-order valence-corrected chi connectivity index (χ0v) is 31.6. The molecule has 0 saturated carbocycles. The van der Waals surface area contributed by atoms with E-state index in [1.54, 1.807) is 41.5 Å². The van der Waals surface area contributed by atoms with E-state index < -0.39 is 7.12 Å². The summed E-state index contributed by atoms with van der Waals surface area (Å²) in [7, 11) is -0.433. The Kier molecular flexibility index (Phi) is 9.49. The van der Waals surface area contributed by atoms with Gasteiger partial charge in [0.15, 0.2) is 16.5 Å². The minimum absolute atomic E-state index is 0.341. The largest absolute Gasteiger partial charge is 0.532 e. The van der Waals surface area contributed by atoms with Crippen LogP contribution in [0.1, 0.15) is 38.8 Å². The third-order valence-corrected chi connectivity index (χ3v) is 11.0. The van der Waals surface area contributed by atoms with Gasteiger partial charge < -0.3 is 27.0 Å². The van der Waals surface area contributed by atoms with Crippen LogP contribution in [0.15, 0.2) is 119 Å². The Labute approximate surface area is 306 Å². The summed E-state index contributed by atoms with van der Waals surface area (Å²) in [5.41, 5.74) is 6.06. The Balaban J connectivity index is 0.000000123. The molecule has 1 saturated heterocycles. The molecule has 0 bridgehead atoms. The summed E-state index contributed by atoms with van der Waals surface area (Å²) in [6, 6.07) is 22.0. The van der Waals surface area contributed by atoms with E-state index in [-0.39, 0.29) is 11.2 Å². The van der Waals surface area contributed by atoms with Gasteiger partial charge in [-0.15, -0.1) is 22.7 Å². The van der Waals surface area contributed by atoms with Crippen molar-refractivity contribution < 1.29 is 27.0 Å². The number of hydrogen-bond acceptors (Lipinski definition) is 10. The van der Waals surface area contributed by atoms with Crippen molar-refractivity contribution in [1.82, 2.24) is 9.97 Å². The van der Waals surface area contributed by atoms with Gasteiger partial charge in [-0.1, -0.05) is 24.3 Å². The molecule has 0 aliphatic carbocycles. The van der Waals surface area contributed by atoms with Crippen molar-refractivity contribution in [3.8, 4) is 32.8 Å². The quantitative estimate of drug-likeness (QED) is 0.163. The third-order valence-electron chi connectivity index (χ3n) is 8.59. The van der Waals surface area contributed by atoms with E-state index in [2.05, 4.69) is 64.0 Å². The Hall–Kier alpha value is -4.20. The Bertz CT molecular complexity index is 2330. The fourth-order valence-electron chi connectivity index (χ4n) is 5.17. The molecule has 1 aliphatic rings. The van der Waals surface area contributed by atoms with Gasteiger partial charge in [-0.3, -0.25) is 0 Å². The molecule has 8 aromatic rings. The maximum absolute atomic E-state index is 5.99. The van der Waals surface area contributed by atoms with Gasteiger partial charge in [-0.2, -0.15) is 0 Å². The molecule has 12 heteroatoms. The van der Waals surface area contributed by atoms with Gasteiger partial charge in [0.25, 0.3) is 0 Å². The average Bonchev–Trinajstić information content (AvgIpc) is 3.91. The van der Waals surface area contributed by atoms with Crippen molar-refractivity contribution in [1.29, 1.82) is 0 Å². The first-order chi connectivity index (χ1) is 23.9. The van der Waals surface area contributed by atoms with Crippen molar-refractivity contribution in [2.24, 2.45) is 0 Å². The van der Waals surface area contributed by atoms with Crippen LogP contribution in [0.5, 0.6) is 0 Å². The smallest absolute Gasteiger partial charge is 0.472 e. The van der Waals surface area contributed by atoms with Gasteiger partial charge in [0.2, 0.25) is 0 Å². The van der Waals surface area contributed by atoms with E-state index >= 15 is 0 Å². The van der Waals surface area contributed by atoms with Crippen LogP contribution in [0.4, 0.5) is 0 Å².